The highest BCUT2D eigenvalue weighted by Gasteiger charge is 2.53. The van der Waals surface area contributed by atoms with Gasteiger partial charge < -0.3 is 9.84 Å². The molecule has 0 radical (unpaired) electrons. The lowest BCUT2D eigenvalue weighted by atomic mass is 9.76. The topological polar surface area (TPSA) is 83.9 Å². The zero-order valence-electron chi connectivity index (χ0n) is 20.9. The summed E-state index contributed by atoms with van der Waals surface area (Å²) in [6, 6.07) is 8.07. The summed E-state index contributed by atoms with van der Waals surface area (Å²) in [5.41, 5.74) is 1.59. The van der Waals surface area contributed by atoms with E-state index < -0.39 is 29.5 Å². The molecule has 0 saturated carbocycles. The third kappa shape index (κ3) is 6.83. The van der Waals surface area contributed by atoms with Gasteiger partial charge in [-0.2, -0.15) is 4.31 Å². The van der Waals surface area contributed by atoms with Gasteiger partial charge in [0.15, 0.2) is 5.76 Å². The first-order valence-electron chi connectivity index (χ1n) is 11.6. The monoisotopic (exact) mass is 501 g/mol. The molecule has 184 valence electrons. The number of hydrogen-bond acceptors (Lipinski definition) is 5. The summed E-state index contributed by atoms with van der Waals surface area (Å²) in [4.78, 5) is 12.9. The van der Waals surface area contributed by atoms with Gasteiger partial charge in [0, 0.05) is 5.57 Å². The van der Waals surface area contributed by atoms with Crippen LogP contribution in [0.3, 0.4) is 0 Å². The number of rotatable bonds is 9. The Morgan fingerprint density at radius 2 is 1.74 bits per heavy atom. The van der Waals surface area contributed by atoms with Crippen molar-refractivity contribution < 1.29 is 23.1 Å². The number of unbranched alkanes of at least 4 members (excludes halogenated alkanes) is 1. The van der Waals surface area contributed by atoms with Gasteiger partial charge in [-0.3, -0.25) is 4.79 Å². The summed E-state index contributed by atoms with van der Waals surface area (Å²) in [7, 11) is -5.56. The first kappa shape index (κ1) is 27.9. The van der Waals surface area contributed by atoms with Crippen molar-refractivity contribution in [3.63, 3.8) is 0 Å². The Morgan fingerprint density at radius 1 is 1.12 bits per heavy atom. The maximum absolute atomic E-state index is 13.2. The average Bonchev–Trinajstić information content (AvgIpc) is 2.76. The Bertz CT molecular complexity index is 1140. The highest BCUT2D eigenvalue weighted by Crippen LogP contribution is 2.39. The first-order chi connectivity index (χ1) is 15.8. The zero-order chi connectivity index (χ0) is 25.6. The molecule has 34 heavy (non-hydrogen) atoms. The fourth-order valence-electron chi connectivity index (χ4n) is 3.28. The lowest BCUT2D eigenvalue weighted by molar-refractivity contribution is -0.135. The second kappa shape index (κ2) is 11.4. The molecule has 1 unspecified atom stereocenters. The van der Waals surface area contributed by atoms with Gasteiger partial charge in [-0.15, -0.1) is 5.54 Å². The molecule has 0 bridgehead atoms. The van der Waals surface area contributed by atoms with E-state index >= 15 is 0 Å². The Morgan fingerprint density at radius 3 is 2.29 bits per heavy atom. The normalized spacial score (nSPS) is 18.2. The van der Waals surface area contributed by atoms with Crippen LogP contribution in [0.5, 0.6) is 0 Å². The predicted octanol–water partition coefficient (Wildman–Crippen LogP) is 3.74. The number of ether oxygens (including phenoxy) is 1. The molecule has 8 heteroatoms. The number of Topliss-reactive ketones (excluding diaryl/α,β-unsaturated/α-hetero) is 1. The number of carbonyl (C=O) groups excluding carboxylic acids is 1. The van der Waals surface area contributed by atoms with E-state index in [9.17, 15) is 18.3 Å². The van der Waals surface area contributed by atoms with Crippen LogP contribution >= 0.6 is 0 Å². The van der Waals surface area contributed by atoms with Crippen molar-refractivity contribution in [3.8, 4) is 23.3 Å². The number of ketones is 1. The summed E-state index contributed by atoms with van der Waals surface area (Å²) in [6.07, 6.45) is 1.98. The van der Waals surface area contributed by atoms with Crippen LogP contribution in [0.15, 0.2) is 46.6 Å². The molecule has 0 fully saturated rings. The van der Waals surface area contributed by atoms with Crippen LogP contribution in [0.4, 0.5) is 0 Å². The van der Waals surface area contributed by atoms with Crippen LogP contribution in [0, 0.1) is 23.3 Å². The standard InChI is InChI=1S/C26H35NO5SSi/c1-7-8-16-23-24(28)26(29,25(23)32-21(2)3)17-12-18-27(19-13-20-34(4,5)6)33(30,31)22-14-10-9-11-15-22/h9-11,14-15,21,29H,7-8,16,18-19H2,1-6H3. The minimum absolute atomic E-state index is 0.0322. The number of sulfonamides is 1. The fourth-order valence-corrected chi connectivity index (χ4v) is 5.16. The molecule has 0 saturated heterocycles. The lowest BCUT2D eigenvalue weighted by Gasteiger charge is -2.36. The second-order valence-corrected chi connectivity index (χ2v) is 16.2. The van der Waals surface area contributed by atoms with E-state index in [1.807, 2.05) is 20.8 Å². The van der Waals surface area contributed by atoms with Crippen LogP contribution in [0.2, 0.25) is 19.6 Å². The molecular weight excluding hydrogens is 466 g/mol. The Kier molecular flexibility index (Phi) is 9.33. The highest BCUT2D eigenvalue weighted by atomic mass is 32.2. The van der Waals surface area contributed by atoms with E-state index in [4.69, 9.17) is 4.74 Å². The quantitative estimate of drug-likeness (QED) is 0.412. The number of nitrogens with zero attached hydrogens (tertiary/aromatic N) is 1. The molecule has 0 amide bonds. The minimum atomic E-state index is -3.86. The van der Waals surface area contributed by atoms with Crippen LogP contribution in [-0.2, 0) is 19.6 Å². The number of aliphatic hydroxyl groups is 1. The van der Waals surface area contributed by atoms with Gasteiger partial charge in [-0.05, 0) is 38.8 Å². The molecule has 1 aromatic rings. The van der Waals surface area contributed by atoms with Gasteiger partial charge >= 0.3 is 0 Å². The molecule has 1 atom stereocenters. The van der Waals surface area contributed by atoms with Gasteiger partial charge in [0.25, 0.3) is 0 Å². The van der Waals surface area contributed by atoms with E-state index in [2.05, 4.69) is 42.9 Å². The van der Waals surface area contributed by atoms with Crippen LogP contribution in [0.1, 0.15) is 40.0 Å². The Balaban J connectivity index is 2.36. The summed E-state index contributed by atoms with van der Waals surface area (Å²) < 4.78 is 33.3. The largest absolute Gasteiger partial charge is 0.490 e. The molecule has 1 N–H and O–H groups in total. The van der Waals surface area contributed by atoms with E-state index in [-0.39, 0.29) is 29.8 Å². The number of hydrogen-bond donors (Lipinski definition) is 1. The molecule has 1 aliphatic carbocycles. The second-order valence-electron chi connectivity index (χ2n) is 9.56. The van der Waals surface area contributed by atoms with Gasteiger partial charge in [0.1, 0.15) is 8.07 Å². The number of carbonyl (C=O) groups is 1. The van der Waals surface area contributed by atoms with Crippen molar-refractivity contribution in [2.24, 2.45) is 0 Å². The van der Waals surface area contributed by atoms with Gasteiger partial charge in [-0.1, -0.05) is 68.9 Å². The molecule has 0 aliphatic heterocycles. The van der Waals surface area contributed by atoms with E-state index in [1.165, 1.54) is 16.4 Å². The third-order valence-corrected chi connectivity index (χ3v) is 7.70. The SMILES string of the molecule is CCCCC1=C(OC(C)C)C(O)(C#CCN(CC#C[Si](C)(C)C)S(=O)(=O)c2ccccc2)C1=O. The van der Waals surface area contributed by atoms with E-state index in [0.29, 0.717) is 12.0 Å². The van der Waals surface area contributed by atoms with E-state index in [1.54, 1.807) is 18.2 Å². The fraction of sp³-hybridized carbons (Fsp3) is 0.500. The van der Waals surface area contributed by atoms with Gasteiger partial charge in [0.2, 0.25) is 21.4 Å². The van der Waals surface area contributed by atoms with Gasteiger partial charge in [-0.25, -0.2) is 8.42 Å². The number of benzene rings is 1. The highest BCUT2D eigenvalue weighted by molar-refractivity contribution is 7.89. The van der Waals surface area contributed by atoms with Crippen molar-refractivity contribution in [1.29, 1.82) is 0 Å². The summed E-state index contributed by atoms with van der Waals surface area (Å²) in [5, 5.41) is 11.0. The molecule has 1 aromatic carbocycles. The Labute approximate surface area is 205 Å². The van der Waals surface area contributed by atoms with Crippen LogP contribution in [-0.4, -0.2) is 56.5 Å². The average molecular weight is 502 g/mol. The minimum Gasteiger partial charge on any atom is -0.490 e. The summed E-state index contributed by atoms with van der Waals surface area (Å²) in [6.45, 7) is 11.6. The third-order valence-electron chi connectivity index (χ3n) is 4.96. The molecular formula is C26H35NO5SSi. The van der Waals surface area contributed by atoms with Crippen LogP contribution in [0.25, 0.3) is 0 Å². The van der Waals surface area contributed by atoms with Crippen LogP contribution < -0.4 is 0 Å². The first-order valence-corrected chi connectivity index (χ1v) is 16.5. The maximum atomic E-state index is 13.2. The Hall–Kier alpha value is -2.36. The predicted molar refractivity (Wildman–Crippen MR) is 137 cm³/mol. The van der Waals surface area contributed by atoms with Crippen molar-refractivity contribution >= 4 is 23.9 Å². The zero-order valence-corrected chi connectivity index (χ0v) is 22.8. The molecule has 0 heterocycles. The summed E-state index contributed by atoms with van der Waals surface area (Å²) in [5.74, 6) is 8.00. The van der Waals surface area contributed by atoms with E-state index in [0.717, 1.165) is 12.8 Å². The van der Waals surface area contributed by atoms with Crippen molar-refractivity contribution in [2.45, 2.75) is 76.3 Å². The van der Waals surface area contributed by atoms with Crippen molar-refractivity contribution in [3.05, 3.63) is 41.7 Å². The smallest absolute Gasteiger partial charge is 0.247 e. The molecule has 1 aliphatic rings. The maximum Gasteiger partial charge on any atom is 0.247 e. The molecule has 6 nitrogen and oxygen atoms in total. The van der Waals surface area contributed by atoms with Crippen molar-refractivity contribution in [1.82, 2.24) is 4.31 Å². The molecule has 2 rings (SSSR count). The van der Waals surface area contributed by atoms with Crippen molar-refractivity contribution in [2.75, 3.05) is 13.1 Å². The molecule has 0 spiro atoms. The molecule has 0 aromatic heterocycles. The summed E-state index contributed by atoms with van der Waals surface area (Å²) >= 11 is 0. The lowest BCUT2D eigenvalue weighted by Crippen LogP contribution is -2.51. The van der Waals surface area contributed by atoms with Gasteiger partial charge in [0.05, 0.1) is 24.1 Å².